The second kappa shape index (κ2) is 5.08. The van der Waals surface area contributed by atoms with E-state index in [4.69, 9.17) is 0 Å². The van der Waals surface area contributed by atoms with E-state index in [1.165, 1.54) is 6.92 Å². The lowest BCUT2D eigenvalue weighted by Crippen LogP contribution is -2.18. The highest BCUT2D eigenvalue weighted by Crippen LogP contribution is 2.08. The van der Waals surface area contributed by atoms with Gasteiger partial charge in [0, 0.05) is 12.3 Å². The maximum absolute atomic E-state index is 10.6. The summed E-state index contributed by atoms with van der Waals surface area (Å²) in [6.07, 6.45) is 3.51. The molecule has 11 heavy (non-hydrogen) atoms. The molecule has 0 heterocycles. The van der Waals surface area contributed by atoms with Gasteiger partial charge in [-0.15, -0.1) is 0 Å². The Hall–Kier alpha value is -0.630. The molecule has 0 amide bonds. The molecule has 2 nitrogen and oxygen atoms in total. The molecule has 0 aromatic heterocycles. The van der Waals surface area contributed by atoms with Gasteiger partial charge in [0.15, 0.2) is 0 Å². The fourth-order valence-electron chi connectivity index (χ4n) is 0.912. The fourth-order valence-corrected chi connectivity index (χ4v) is 0.912. The van der Waals surface area contributed by atoms with Crippen LogP contribution in [0.15, 0.2) is 12.2 Å². The van der Waals surface area contributed by atoms with Crippen molar-refractivity contribution in [2.45, 2.75) is 33.3 Å². The van der Waals surface area contributed by atoms with Crippen molar-refractivity contribution in [2.24, 2.45) is 5.92 Å². The number of hydrogen-bond donors (Lipinski definition) is 1. The van der Waals surface area contributed by atoms with Gasteiger partial charge in [-0.1, -0.05) is 19.1 Å². The first-order valence-corrected chi connectivity index (χ1v) is 3.88. The zero-order chi connectivity index (χ0) is 8.85. The van der Waals surface area contributed by atoms with Gasteiger partial charge in [-0.3, -0.25) is 4.79 Å². The zero-order valence-corrected chi connectivity index (χ0v) is 7.37. The Kier molecular flexibility index (Phi) is 4.79. The number of aliphatic hydroxyl groups is 1. The molecular formula is C9H16O2. The first-order chi connectivity index (χ1) is 5.07. The van der Waals surface area contributed by atoms with Gasteiger partial charge in [0.05, 0.1) is 6.10 Å². The third-order valence-electron chi connectivity index (χ3n) is 1.60. The van der Waals surface area contributed by atoms with E-state index in [0.29, 0.717) is 0 Å². The van der Waals surface area contributed by atoms with Gasteiger partial charge < -0.3 is 5.11 Å². The molecule has 0 saturated heterocycles. The lowest BCUT2D eigenvalue weighted by atomic mass is 10.00. The second-order valence-corrected chi connectivity index (χ2v) is 2.86. The van der Waals surface area contributed by atoms with Crippen LogP contribution in [-0.2, 0) is 4.79 Å². The second-order valence-electron chi connectivity index (χ2n) is 2.86. The maximum atomic E-state index is 10.6. The van der Waals surface area contributed by atoms with E-state index in [1.54, 1.807) is 0 Å². The molecule has 0 saturated carbocycles. The normalized spacial score (nSPS) is 16.7. The minimum atomic E-state index is -0.524. The maximum Gasteiger partial charge on any atom is 0.132 e. The van der Waals surface area contributed by atoms with E-state index < -0.39 is 6.10 Å². The zero-order valence-electron chi connectivity index (χ0n) is 7.37. The van der Waals surface area contributed by atoms with Gasteiger partial charge in [0.2, 0.25) is 0 Å². The van der Waals surface area contributed by atoms with Crippen molar-refractivity contribution in [3.05, 3.63) is 12.2 Å². The molecule has 0 spiro atoms. The molecule has 0 aliphatic carbocycles. The standard InChI is InChI=1S/C9H16O2/c1-4-5-7(2)9(11)6-8(3)10/h4-5,7,9,11H,6H2,1-3H3/b5-4+. The molecule has 64 valence electrons. The van der Waals surface area contributed by atoms with Crippen LogP contribution in [0.4, 0.5) is 0 Å². The summed E-state index contributed by atoms with van der Waals surface area (Å²) in [4.78, 5) is 10.6. The summed E-state index contributed by atoms with van der Waals surface area (Å²) in [6.45, 7) is 5.29. The van der Waals surface area contributed by atoms with Crippen molar-refractivity contribution in [2.75, 3.05) is 0 Å². The minimum absolute atomic E-state index is 0.0360. The average Bonchev–Trinajstić information content (AvgIpc) is 1.86. The quantitative estimate of drug-likeness (QED) is 0.627. The Balaban J connectivity index is 3.81. The van der Waals surface area contributed by atoms with Gasteiger partial charge in [-0.2, -0.15) is 0 Å². The molecule has 2 heteroatoms. The van der Waals surface area contributed by atoms with Crippen LogP contribution in [0.2, 0.25) is 0 Å². The predicted molar refractivity (Wildman–Crippen MR) is 45.3 cm³/mol. The molecule has 0 aliphatic rings. The molecule has 2 atom stereocenters. The number of rotatable bonds is 4. The third kappa shape index (κ3) is 4.73. The third-order valence-corrected chi connectivity index (χ3v) is 1.60. The summed E-state index contributed by atoms with van der Waals surface area (Å²) >= 11 is 0. The Morgan fingerprint density at radius 3 is 2.55 bits per heavy atom. The summed E-state index contributed by atoms with van der Waals surface area (Å²) in [5, 5.41) is 9.35. The van der Waals surface area contributed by atoms with E-state index in [1.807, 2.05) is 26.0 Å². The number of aliphatic hydroxyl groups excluding tert-OH is 1. The van der Waals surface area contributed by atoms with Crippen molar-refractivity contribution in [1.82, 2.24) is 0 Å². The average molecular weight is 156 g/mol. The van der Waals surface area contributed by atoms with Crippen molar-refractivity contribution in [3.63, 3.8) is 0 Å². The van der Waals surface area contributed by atoms with Crippen LogP contribution in [0.3, 0.4) is 0 Å². The topological polar surface area (TPSA) is 37.3 Å². The van der Waals surface area contributed by atoms with Crippen molar-refractivity contribution < 1.29 is 9.90 Å². The monoisotopic (exact) mass is 156 g/mol. The summed E-state index contributed by atoms with van der Waals surface area (Å²) in [7, 11) is 0. The van der Waals surface area contributed by atoms with Crippen LogP contribution in [0.25, 0.3) is 0 Å². The molecule has 0 rings (SSSR count). The van der Waals surface area contributed by atoms with Gasteiger partial charge in [0.25, 0.3) is 0 Å². The van der Waals surface area contributed by atoms with Crippen LogP contribution < -0.4 is 0 Å². The van der Waals surface area contributed by atoms with Crippen molar-refractivity contribution in [3.8, 4) is 0 Å². The highest BCUT2D eigenvalue weighted by atomic mass is 16.3. The Morgan fingerprint density at radius 2 is 2.18 bits per heavy atom. The van der Waals surface area contributed by atoms with Crippen LogP contribution in [-0.4, -0.2) is 17.0 Å². The predicted octanol–water partition coefficient (Wildman–Crippen LogP) is 1.54. The van der Waals surface area contributed by atoms with Crippen LogP contribution >= 0.6 is 0 Å². The Labute approximate surface area is 67.9 Å². The molecule has 2 unspecified atom stereocenters. The first kappa shape index (κ1) is 10.4. The summed E-state index contributed by atoms with van der Waals surface area (Å²) in [5.74, 6) is 0.109. The molecule has 0 radical (unpaired) electrons. The fraction of sp³-hybridized carbons (Fsp3) is 0.667. The SMILES string of the molecule is C/C=C/C(C)C(O)CC(C)=O. The molecule has 0 aromatic rings. The van der Waals surface area contributed by atoms with E-state index in [9.17, 15) is 9.90 Å². The summed E-state index contributed by atoms with van der Waals surface area (Å²) in [5.41, 5.74) is 0. The highest BCUT2D eigenvalue weighted by Gasteiger charge is 2.12. The molecule has 0 bridgehead atoms. The van der Waals surface area contributed by atoms with Crippen molar-refractivity contribution >= 4 is 5.78 Å². The van der Waals surface area contributed by atoms with E-state index in [-0.39, 0.29) is 18.1 Å². The van der Waals surface area contributed by atoms with Gasteiger partial charge in [-0.25, -0.2) is 0 Å². The Bertz CT molecular complexity index is 150. The highest BCUT2D eigenvalue weighted by molar-refractivity contribution is 5.75. The Morgan fingerprint density at radius 1 is 1.64 bits per heavy atom. The lowest BCUT2D eigenvalue weighted by molar-refractivity contribution is -0.119. The summed E-state index contributed by atoms with van der Waals surface area (Å²) < 4.78 is 0. The molecular weight excluding hydrogens is 140 g/mol. The number of hydrogen-bond acceptors (Lipinski definition) is 2. The number of allylic oxidation sites excluding steroid dienone is 1. The van der Waals surface area contributed by atoms with Crippen LogP contribution in [0.1, 0.15) is 27.2 Å². The number of Topliss-reactive ketones (excluding diaryl/α,β-unsaturated/α-hetero) is 1. The van der Waals surface area contributed by atoms with Gasteiger partial charge in [0.1, 0.15) is 5.78 Å². The summed E-state index contributed by atoms with van der Waals surface area (Å²) in [6, 6.07) is 0. The molecule has 0 fully saturated rings. The van der Waals surface area contributed by atoms with E-state index in [2.05, 4.69) is 0 Å². The smallest absolute Gasteiger partial charge is 0.132 e. The van der Waals surface area contributed by atoms with Crippen LogP contribution in [0, 0.1) is 5.92 Å². The van der Waals surface area contributed by atoms with Gasteiger partial charge in [-0.05, 0) is 13.8 Å². The lowest BCUT2D eigenvalue weighted by Gasteiger charge is -2.12. The van der Waals surface area contributed by atoms with Crippen LogP contribution in [0.5, 0.6) is 0 Å². The number of carbonyl (C=O) groups is 1. The van der Waals surface area contributed by atoms with E-state index >= 15 is 0 Å². The van der Waals surface area contributed by atoms with Gasteiger partial charge >= 0.3 is 0 Å². The molecule has 1 N–H and O–H groups in total. The number of carbonyl (C=O) groups excluding carboxylic acids is 1. The first-order valence-electron chi connectivity index (χ1n) is 3.88. The van der Waals surface area contributed by atoms with E-state index in [0.717, 1.165) is 0 Å². The molecule has 0 aromatic carbocycles. The van der Waals surface area contributed by atoms with Crippen molar-refractivity contribution in [1.29, 1.82) is 0 Å². The molecule has 0 aliphatic heterocycles. The minimum Gasteiger partial charge on any atom is -0.392 e. The number of ketones is 1. The largest absolute Gasteiger partial charge is 0.392 e.